The molecule has 0 radical (unpaired) electrons. The third-order valence-electron chi connectivity index (χ3n) is 4.83. The van der Waals surface area contributed by atoms with Crippen molar-refractivity contribution in [2.45, 2.75) is 26.4 Å². The van der Waals surface area contributed by atoms with E-state index in [-0.39, 0.29) is 24.5 Å². The highest BCUT2D eigenvalue weighted by Crippen LogP contribution is 2.26. The first-order chi connectivity index (χ1) is 14.9. The second-order valence-corrected chi connectivity index (χ2v) is 8.15. The Morgan fingerprint density at radius 1 is 1.00 bits per heavy atom. The number of carbonyl (C=O) groups is 2. The monoisotopic (exact) mass is 480 g/mol. The van der Waals surface area contributed by atoms with Gasteiger partial charge in [-0.25, -0.2) is 0 Å². The molecule has 0 fully saturated rings. The Labute approximate surface area is 191 Å². The van der Waals surface area contributed by atoms with Gasteiger partial charge in [0.05, 0.1) is 6.04 Å². The van der Waals surface area contributed by atoms with Crippen LogP contribution in [0.1, 0.15) is 31.0 Å². The lowest BCUT2D eigenvalue weighted by Crippen LogP contribution is -2.36. The Bertz CT molecular complexity index is 1040. The zero-order valence-corrected chi connectivity index (χ0v) is 19.1. The predicted molar refractivity (Wildman–Crippen MR) is 126 cm³/mol. The van der Waals surface area contributed by atoms with Crippen LogP contribution in [0.25, 0.3) is 0 Å². The van der Waals surface area contributed by atoms with E-state index in [2.05, 4.69) is 21.2 Å². The number of nitrogens with one attached hydrogen (secondary N) is 1. The van der Waals surface area contributed by atoms with Gasteiger partial charge in [0.2, 0.25) is 5.91 Å². The van der Waals surface area contributed by atoms with Crippen molar-refractivity contribution >= 4 is 33.4 Å². The molecule has 6 heteroatoms. The lowest BCUT2D eigenvalue weighted by molar-refractivity contribution is -0.136. The summed E-state index contributed by atoms with van der Waals surface area (Å²) >= 11 is 3.41. The molecule has 3 aromatic rings. The fourth-order valence-corrected chi connectivity index (χ4v) is 3.64. The summed E-state index contributed by atoms with van der Waals surface area (Å²) in [5.41, 5.74) is 2.66. The number of rotatable bonds is 8. The number of anilines is 1. The van der Waals surface area contributed by atoms with Crippen LogP contribution in [0.3, 0.4) is 0 Å². The van der Waals surface area contributed by atoms with Gasteiger partial charge in [-0.2, -0.15) is 0 Å². The first-order valence-electron chi connectivity index (χ1n) is 10.0. The largest absolute Gasteiger partial charge is 0.484 e. The smallest absolute Gasteiger partial charge is 0.261 e. The SMILES string of the molecule is CC(=O)Nc1cccc(C(C)N(Cc2ccccc2)C(=O)COc2cccc(Br)c2)c1. The number of halogens is 1. The van der Waals surface area contributed by atoms with Crippen LogP contribution < -0.4 is 10.1 Å². The molecular formula is C25H25BrN2O3. The van der Waals surface area contributed by atoms with E-state index in [9.17, 15) is 9.59 Å². The van der Waals surface area contributed by atoms with Crippen molar-refractivity contribution in [3.8, 4) is 5.75 Å². The Kier molecular flexibility index (Phi) is 7.84. The average Bonchev–Trinajstić information content (AvgIpc) is 2.76. The maximum Gasteiger partial charge on any atom is 0.261 e. The van der Waals surface area contributed by atoms with Crippen LogP contribution in [0.4, 0.5) is 5.69 Å². The molecule has 1 unspecified atom stereocenters. The van der Waals surface area contributed by atoms with Crippen molar-refractivity contribution in [1.82, 2.24) is 4.90 Å². The number of amides is 2. The Hall–Kier alpha value is -3.12. The summed E-state index contributed by atoms with van der Waals surface area (Å²) in [6, 6.07) is 24.6. The molecule has 0 aliphatic rings. The van der Waals surface area contributed by atoms with Crippen LogP contribution in [0.2, 0.25) is 0 Å². The third kappa shape index (κ3) is 6.69. The van der Waals surface area contributed by atoms with E-state index in [0.29, 0.717) is 18.0 Å². The summed E-state index contributed by atoms with van der Waals surface area (Å²) in [5, 5.41) is 2.80. The van der Waals surface area contributed by atoms with Gasteiger partial charge in [-0.05, 0) is 48.4 Å². The number of hydrogen-bond donors (Lipinski definition) is 1. The number of ether oxygens (including phenoxy) is 1. The van der Waals surface area contributed by atoms with Gasteiger partial charge in [0, 0.05) is 23.6 Å². The van der Waals surface area contributed by atoms with E-state index in [0.717, 1.165) is 15.6 Å². The Morgan fingerprint density at radius 3 is 2.45 bits per heavy atom. The summed E-state index contributed by atoms with van der Waals surface area (Å²) in [4.78, 5) is 26.4. The van der Waals surface area contributed by atoms with Gasteiger partial charge in [0.25, 0.3) is 5.91 Å². The lowest BCUT2D eigenvalue weighted by atomic mass is 10.0. The highest BCUT2D eigenvalue weighted by Gasteiger charge is 2.23. The molecule has 160 valence electrons. The van der Waals surface area contributed by atoms with Gasteiger partial charge in [-0.1, -0.05) is 64.5 Å². The molecular weight excluding hydrogens is 456 g/mol. The molecule has 3 rings (SSSR count). The molecule has 0 saturated carbocycles. The zero-order valence-electron chi connectivity index (χ0n) is 17.5. The number of nitrogens with zero attached hydrogens (tertiary/aromatic N) is 1. The molecule has 0 aliphatic heterocycles. The minimum absolute atomic E-state index is 0.0704. The molecule has 31 heavy (non-hydrogen) atoms. The maximum atomic E-state index is 13.2. The van der Waals surface area contributed by atoms with Crippen molar-refractivity contribution in [3.63, 3.8) is 0 Å². The molecule has 0 bridgehead atoms. The molecule has 2 amide bonds. The van der Waals surface area contributed by atoms with Crippen molar-refractivity contribution in [1.29, 1.82) is 0 Å². The van der Waals surface area contributed by atoms with E-state index in [1.54, 1.807) is 4.90 Å². The van der Waals surface area contributed by atoms with E-state index in [1.165, 1.54) is 6.92 Å². The Morgan fingerprint density at radius 2 is 1.74 bits per heavy atom. The molecule has 0 aliphatic carbocycles. The van der Waals surface area contributed by atoms with E-state index in [1.807, 2.05) is 85.8 Å². The standard InChI is InChI=1S/C25H25BrN2O3/c1-18(21-10-6-12-23(14-21)27-19(2)29)28(16-20-8-4-3-5-9-20)25(30)17-31-24-13-7-11-22(26)15-24/h3-15,18H,16-17H2,1-2H3,(H,27,29). The summed E-state index contributed by atoms with van der Waals surface area (Å²) in [5.74, 6) is 0.369. The minimum atomic E-state index is -0.215. The van der Waals surface area contributed by atoms with Crippen LogP contribution in [0.5, 0.6) is 5.75 Å². The number of carbonyl (C=O) groups excluding carboxylic acids is 2. The third-order valence-corrected chi connectivity index (χ3v) is 5.32. The summed E-state index contributed by atoms with van der Waals surface area (Å²) < 4.78 is 6.64. The summed E-state index contributed by atoms with van der Waals surface area (Å²) in [6.07, 6.45) is 0. The quantitative estimate of drug-likeness (QED) is 0.457. The minimum Gasteiger partial charge on any atom is -0.484 e. The van der Waals surface area contributed by atoms with Crippen LogP contribution in [0, 0.1) is 0 Å². The fourth-order valence-electron chi connectivity index (χ4n) is 3.27. The normalized spacial score (nSPS) is 11.5. The molecule has 1 atom stereocenters. The molecule has 0 heterocycles. The van der Waals surface area contributed by atoms with Gasteiger partial charge >= 0.3 is 0 Å². The molecule has 0 aromatic heterocycles. The molecule has 3 aromatic carbocycles. The van der Waals surface area contributed by atoms with Crippen molar-refractivity contribution in [2.24, 2.45) is 0 Å². The van der Waals surface area contributed by atoms with Crippen LogP contribution in [0.15, 0.2) is 83.3 Å². The number of hydrogen-bond acceptors (Lipinski definition) is 3. The van der Waals surface area contributed by atoms with Crippen LogP contribution in [-0.4, -0.2) is 23.3 Å². The summed E-state index contributed by atoms with van der Waals surface area (Å²) in [6.45, 7) is 3.83. The first kappa shape index (κ1) is 22.6. The molecule has 0 saturated heterocycles. The van der Waals surface area contributed by atoms with Crippen molar-refractivity contribution < 1.29 is 14.3 Å². The second-order valence-electron chi connectivity index (χ2n) is 7.24. The van der Waals surface area contributed by atoms with Gasteiger partial charge < -0.3 is 15.0 Å². The van der Waals surface area contributed by atoms with E-state index >= 15 is 0 Å². The van der Waals surface area contributed by atoms with Crippen molar-refractivity contribution in [3.05, 3.63) is 94.5 Å². The fraction of sp³-hybridized carbons (Fsp3) is 0.200. The highest BCUT2D eigenvalue weighted by atomic mass is 79.9. The maximum absolute atomic E-state index is 13.2. The highest BCUT2D eigenvalue weighted by molar-refractivity contribution is 9.10. The van der Waals surface area contributed by atoms with Gasteiger partial charge in [-0.3, -0.25) is 9.59 Å². The van der Waals surface area contributed by atoms with Crippen LogP contribution in [-0.2, 0) is 16.1 Å². The summed E-state index contributed by atoms with van der Waals surface area (Å²) in [7, 11) is 0. The predicted octanol–water partition coefficient (Wildman–Crippen LogP) is 5.58. The molecule has 0 spiro atoms. The van der Waals surface area contributed by atoms with Gasteiger partial charge in [-0.15, -0.1) is 0 Å². The zero-order chi connectivity index (χ0) is 22.2. The number of benzene rings is 3. The Balaban J connectivity index is 1.81. The van der Waals surface area contributed by atoms with E-state index < -0.39 is 0 Å². The van der Waals surface area contributed by atoms with Crippen LogP contribution >= 0.6 is 15.9 Å². The van der Waals surface area contributed by atoms with Gasteiger partial charge in [0.1, 0.15) is 5.75 Å². The topological polar surface area (TPSA) is 58.6 Å². The lowest BCUT2D eigenvalue weighted by Gasteiger charge is -2.30. The van der Waals surface area contributed by atoms with Crippen molar-refractivity contribution in [2.75, 3.05) is 11.9 Å². The average molecular weight is 481 g/mol. The molecule has 5 nitrogen and oxygen atoms in total. The molecule has 1 N–H and O–H groups in total. The van der Waals surface area contributed by atoms with E-state index in [4.69, 9.17) is 4.74 Å². The second kappa shape index (κ2) is 10.8. The first-order valence-corrected chi connectivity index (χ1v) is 10.8. The van der Waals surface area contributed by atoms with Gasteiger partial charge in [0.15, 0.2) is 6.61 Å².